The maximum absolute atomic E-state index is 5.52. The number of nitrogens with one attached hydrogen (secondary N) is 1. The zero-order valence-corrected chi connectivity index (χ0v) is 13.1. The molecule has 1 saturated heterocycles. The van der Waals surface area contributed by atoms with E-state index < -0.39 is 0 Å². The molecule has 0 saturated carbocycles. The molecule has 1 aromatic heterocycles. The third-order valence-electron chi connectivity index (χ3n) is 4.33. The van der Waals surface area contributed by atoms with E-state index in [1.165, 1.54) is 16.5 Å². The molecule has 0 atom stereocenters. The van der Waals surface area contributed by atoms with Gasteiger partial charge in [-0.15, -0.1) is 12.4 Å². The zero-order chi connectivity index (χ0) is 14.1. The van der Waals surface area contributed by atoms with Gasteiger partial charge in [0.25, 0.3) is 0 Å². The molecule has 1 aliphatic rings. The molecule has 0 bridgehead atoms. The van der Waals surface area contributed by atoms with E-state index in [-0.39, 0.29) is 12.4 Å². The highest BCUT2D eigenvalue weighted by Gasteiger charge is 2.21. The summed E-state index contributed by atoms with van der Waals surface area (Å²) in [5, 5.41) is 8.92. The summed E-state index contributed by atoms with van der Waals surface area (Å²) in [5.74, 6) is 0.513. The van der Waals surface area contributed by atoms with Crippen LogP contribution in [0, 0.1) is 0 Å². The Kier molecular flexibility index (Phi) is 4.46. The van der Waals surface area contributed by atoms with Crippen LogP contribution in [0.5, 0.6) is 0 Å². The number of hydrogen-bond donors (Lipinski definition) is 1. The minimum absolute atomic E-state index is 0. The summed E-state index contributed by atoms with van der Waals surface area (Å²) >= 11 is 0. The molecule has 1 fully saturated rings. The molecule has 1 N–H and O–H groups in total. The van der Waals surface area contributed by atoms with E-state index in [4.69, 9.17) is 4.52 Å². The van der Waals surface area contributed by atoms with Crippen molar-refractivity contribution in [2.45, 2.75) is 18.8 Å². The van der Waals surface area contributed by atoms with E-state index in [2.05, 4.69) is 46.9 Å². The second-order valence-electron chi connectivity index (χ2n) is 5.67. The highest BCUT2D eigenvalue weighted by Crippen LogP contribution is 2.33. The summed E-state index contributed by atoms with van der Waals surface area (Å²) in [4.78, 5) is 0. The fourth-order valence-corrected chi connectivity index (χ4v) is 3.16. The van der Waals surface area contributed by atoms with E-state index >= 15 is 0 Å². The van der Waals surface area contributed by atoms with Crippen molar-refractivity contribution in [3.63, 3.8) is 0 Å². The lowest BCUT2D eigenvalue weighted by molar-refractivity contribution is 0.404. The lowest BCUT2D eigenvalue weighted by Crippen LogP contribution is -2.26. The van der Waals surface area contributed by atoms with Gasteiger partial charge in [0.1, 0.15) is 0 Å². The van der Waals surface area contributed by atoms with Crippen molar-refractivity contribution < 1.29 is 4.52 Å². The summed E-state index contributed by atoms with van der Waals surface area (Å²) in [7, 11) is 0. The maximum atomic E-state index is 5.52. The molecular weight excluding hydrogens is 296 g/mol. The summed E-state index contributed by atoms with van der Waals surface area (Å²) in [6.45, 7) is 2.13. The molecule has 4 rings (SSSR count). The largest absolute Gasteiger partial charge is 0.356 e. The first-order valence-corrected chi connectivity index (χ1v) is 7.57. The molecule has 0 spiro atoms. The summed E-state index contributed by atoms with van der Waals surface area (Å²) < 4.78 is 5.52. The van der Waals surface area contributed by atoms with Gasteiger partial charge in [-0.2, -0.15) is 0 Å². The first-order valence-electron chi connectivity index (χ1n) is 7.57. The normalized spacial score (nSPS) is 15.6. The molecule has 0 unspecified atom stereocenters. The topological polar surface area (TPSA) is 38.1 Å². The van der Waals surface area contributed by atoms with Crippen LogP contribution < -0.4 is 5.32 Å². The number of rotatable bonds is 2. The van der Waals surface area contributed by atoms with E-state index in [0.717, 1.165) is 37.2 Å². The highest BCUT2D eigenvalue weighted by molar-refractivity contribution is 5.86. The number of aromatic nitrogens is 1. The van der Waals surface area contributed by atoms with E-state index in [1.54, 1.807) is 0 Å². The van der Waals surface area contributed by atoms with E-state index in [1.807, 2.05) is 12.1 Å². The van der Waals surface area contributed by atoms with Gasteiger partial charge in [0.05, 0.1) is 5.69 Å². The van der Waals surface area contributed by atoms with Crippen molar-refractivity contribution in [3.05, 3.63) is 54.2 Å². The van der Waals surface area contributed by atoms with Gasteiger partial charge in [0.2, 0.25) is 0 Å². The van der Waals surface area contributed by atoms with Crippen molar-refractivity contribution >= 4 is 23.4 Å². The van der Waals surface area contributed by atoms with Crippen LogP contribution in [-0.2, 0) is 0 Å². The van der Waals surface area contributed by atoms with Crippen LogP contribution in [0.1, 0.15) is 24.5 Å². The smallest absolute Gasteiger partial charge is 0.167 e. The van der Waals surface area contributed by atoms with Crippen LogP contribution in [0.4, 0.5) is 0 Å². The Bertz CT molecular complexity index is 748. The molecule has 3 aromatic rings. The van der Waals surface area contributed by atoms with Crippen LogP contribution in [-0.4, -0.2) is 18.2 Å². The van der Waals surface area contributed by atoms with Crippen molar-refractivity contribution in [3.8, 4) is 11.1 Å². The van der Waals surface area contributed by atoms with Gasteiger partial charge in [0, 0.05) is 11.3 Å². The quantitative estimate of drug-likeness (QED) is 0.762. The van der Waals surface area contributed by atoms with Gasteiger partial charge in [-0.3, -0.25) is 0 Å². The molecule has 0 radical (unpaired) electrons. The second-order valence-corrected chi connectivity index (χ2v) is 5.67. The van der Waals surface area contributed by atoms with Crippen molar-refractivity contribution in [1.82, 2.24) is 10.5 Å². The van der Waals surface area contributed by atoms with Crippen LogP contribution in [0.2, 0.25) is 0 Å². The Hall–Kier alpha value is -1.84. The summed E-state index contributed by atoms with van der Waals surface area (Å²) in [6, 6.07) is 16.8. The predicted molar refractivity (Wildman–Crippen MR) is 91.5 cm³/mol. The number of nitrogens with zero attached hydrogens (tertiary/aromatic N) is 1. The van der Waals surface area contributed by atoms with Crippen molar-refractivity contribution in [1.29, 1.82) is 0 Å². The van der Waals surface area contributed by atoms with Crippen molar-refractivity contribution in [2.24, 2.45) is 0 Å². The first kappa shape index (κ1) is 15.1. The highest BCUT2D eigenvalue weighted by atomic mass is 35.5. The molecule has 2 aromatic carbocycles. The Morgan fingerprint density at radius 2 is 1.73 bits per heavy atom. The van der Waals surface area contributed by atoms with Crippen LogP contribution in [0.15, 0.2) is 53.1 Å². The minimum atomic E-state index is 0. The third kappa shape index (κ3) is 2.74. The molecule has 114 valence electrons. The number of halogens is 1. The van der Waals surface area contributed by atoms with Gasteiger partial charge in [0.15, 0.2) is 5.58 Å². The average molecular weight is 315 g/mol. The van der Waals surface area contributed by atoms with Gasteiger partial charge < -0.3 is 9.84 Å². The SMILES string of the molecule is Cl.c1ccc(-c2ccc3onc(C4CCNCC4)c3c2)cc1. The summed E-state index contributed by atoms with van der Waals surface area (Å²) in [5.41, 5.74) is 4.48. The number of benzene rings is 2. The predicted octanol–water partition coefficient (Wildman–Crippen LogP) is 4.38. The monoisotopic (exact) mass is 314 g/mol. The Morgan fingerprint density at radius 1 is 0.955 bits per heavy atom. The first-order chi connectivity index (χ1) is 10.4. The molecule has 1 aliphatic heterocycles. The molecule has 4 heteroatoms. The van der Waals surface area contributed by atoms with E-state index in [0.29, 0.717) is 5.92 Å². The lowest BCUT2D eigenvalue weighted by atomic mass is 9.92. The van der Waals surface area contributed by atoms with Crippen molar-refractivity contribution in [2.75, 3.05) is 13.1 Å². The van der Waals surface area contributed by atoms with Gasteiger partial charge in [-0.1, -0.05) is 41.6 Å². The van der Waals surface area contributed by atoms with Crippen LogP contribution in [0.25, 0.3) is 22.1 Å². The Morgan fingerprint density at radius 3 is 2.50 bits per heavy atom. The minimum Gasteiger partial charge on any atom is -0.356 e. The number of piperidine rings is 1. The fourth-order valence-electron chi connectivity index (χ4n) is 3.16. The zero-order valence-electron chi connectivity index (χ0n) is 12.3. The Balaban J connectivity index is 0.00000144. The molecule has 0 amide bonds. The Labute approximate surface area is 136 Å². The third-order valence-corrected chi connectivity index (χ3v) is 4.33. The molecular formula is C18H19ClN2O. The number of fused-ring (bicyclic) bond motifs is 1. The maximum Gasteiger partial charge on any atom is 0.167 e. The van der Waals surface area contributed by atoms with E-state index in [9.17, 15) is 0 Å². The van der Waals surface area contributed by atoms with Gasteiger partial charge in [-0.05, 0) is 49.2 Å². The van der Waals surface area contributed by atoms with Gasteiger partial charge >= 0.3 is 0 Å². The van der Waals surface area contributed by atoms with Crippen LogP contribution in [0.3, 0.4) is 0 Å². The van der Waals surface area contributed by atoms with Crippen LogP contribution >= 0.6 is 12.4 Å². The molecule has 2 heterocycles. The number of hydrogen-bond acceptors (Lipinski definition) is 3. The molecule has 0 aliphatic carbocycles. The fraction of sp³-hybridized carbons (Fsp3) is 0.278. The molecule has 22 heavy (non-hydrogen) atoms. The average Bonchev–Trinajstić information content (AvgIpc) is 2.99. The second kappa shape index (κ2) is 6.51. The summed E-state index contributed by atoms with van der Waals surface area (Å²) in [6.07, 6.45) is 2.27. The lowest BCUT2D eigenvalue weighted by Gasteiger charge is -2.20. The standard InChI is InChI=1S/C18H18N2O.ClH/c1-2-4-13(5-3-1)15-6-7-17-16(12-15)18(20-21-17)14-8-10-19-11-9-14;/h1-7,12,14,19H,8-11H2;1H. The molecule has 3 nitrogen and oxygen atoms in total. The van der Waals surface area contributed by atoms with Gasteiger partial charge in [-0.25, -0.2) is 0 Å².